The van der Waals surface area contributed by atoms with Crippen LogP contribution in [0.4, 0.5) is 9.18 Å². The van der Waals surface area contributed by atoms with Crippen molar-refractivity contribution in [1.29, 1.82) is 0 Å². The number of hydrogen-bond donors (Lipinski definition) is 1. The van der Waals surface area contributed by atoms with E-state index in [0.29, 0.717) is 18.4 Å². The highest BCUT2D eigenvalue weighted by molar-refractivity contribution is 6.06. The number of amides is 4. The monoisotopic (exact) mass is 479 g/mol. The van der Waals surface area contributed by atoms with E-state index in [9.17, 15) is 23.6 Å². The van der Waals surface area contributed by atoms with Gasteiger partial charge in [-0.1, -0.05) is 30.3 Å². The Morgan fingerprint density at radius 3 is 2.60 bits per heavy atom. The van der Waals surface area contributed by atoms with Crippen molar-refractivity contribution in [2.45, 2.75) is 56.7 Å². The van der Waals surface area contributed by atoms with Gasteiger partial charge in [0.2, 0.25) is 17.4 Å². The first-order valence-electron chi connectivity index (χ1n) is 11.7. The van der Waals surface area contributed by atoms with Crippen LogP contribution in [0.15, 0.2) is 42.5 Å². The van der Waals surface area contributed by atoms with E-state index in [1.165, 1.54) is 12.1 Å². The molecule has 0 radical (unpaired) electrons. The van der Waals surface area contributed by atoms with E-state index in [1.807, 2.05) is 13.0 Å². The zero-order valence-electron chi connectivity index (χ0n) is 19.3. The van der Waals surface area contributed by atoms with E-state index >= 15 is 0 Å². The van der Waals surface area contributed by atoms with E-state index < -0.39 is 30.1 Å². The quantitative estimate of drug-likeness (QED) is 0.709. The molecule has 1 spiro atoms. The Morgan fingerprint density at radius 1 is 1.14 bits per heavy atom. The molecule has 2 fully saturated rings. The highest BCUT2D eigenvalue weighted by Gasteiger charge is 2.58. The predicted molar refractivity (Wildman–Crippen MR) is 122 cm³/mol. The van der Waals surface area contributed by atoms with Crippen molar-refractivity contribution in [2.24, 2.45) is 5.73 Å². The topological polar surface area (TPSA) is 110 Å². The lowest BCUT2D eigenvalue weighted by atomic mass is 9.93. The van der Waals surface area contributed by atoms with Crippen LogP contribution in [0, 0.1) is 5.82 Å². The van der Waals surface area contributed by atoms with Gasteiger partial charge in [0, 0.05) is 18.0 Å². The van der Waals surface area contributed by atoms with Crippen molar-refractivity contribution in [1.82, 2.24) is 9.80 Å². The summed E-state index contributed by atoms with van der Waals surface area (Å²) >= 11 is 0. The van der Waals surface area contributed by atoms with Gasteiger partial charge in [-0.15, -0.1) is 0 Å². The number of aryl methyl sites for hydroxylation is 1. The van der Waals surface area contributed by atoms with Crippen LogP contribution >= 0.6 is 0 Å². The van der Waals surface area contributed by atoms with Crippen LogP contribution in [-0.4, -0.2) is 46.2 Å². The Bertz CT molecular complexity index is 1230. The lowest BCUT2D eigenvalue weighted by Gasteiger charge is -2.30. The number of benzene rings is 2. The average Bonchev–Trinajstić information content (AvgIpc) is 3.44. The summed E-state index contributed by atoms with van der Waals surface area (Å²) in [7, 11) is 0. The van der Waals surface area contributed by atoms with Crippen molar-refractivity contribution in [3.63, 3.8) is 0 Å². The number of nitrogens with two attached hydrogens (primary N) is 1. The van der Waals surface area contributed by atoms with E-state index in [1.54, 1.807) is 29.2 Å². The number of imide groups is 1. The molecule has 8 nitrogen and oxygen atoms in total. The third-order valence-electron chi connectivity index (χ3n) is 7.31. The van der Waals surface area contributed by atoms with Crippen LogP contribution in [0.5, 0.6) is 0 Å². The second kappa shape index (κ2) is 8.48. The van der Waals surface area contributed by atoms with Crippen LogP contribution in [0.2, 0.25) is 0 Å². The molecule has 3 aliphatic rings. The van der Waals surface area contributed by atoms with Crippen molar-refractivity contribution in [3.05, 3.63) is 70.5 Å². The summed E-state index contributed by atoms with van der Waals surface area (Å²) in [6.45, 7) is 1.50. The number of fused-ring (bicyclic) bond motifs is 2. The van der Waals surface area contributed by atoms with Gasteiger partial charge >= 0.3 is 6.09 Å². The molecule has 0 aromatic heterocycles. The lowest BCUT2D eigenvalue weighted by molar-refractivity contribution is -0.143. The van der Waals surface area contributed by atoms with Crippen LogP contribution < -0.4 is 5.73 Å². The number of ether oxygens (including phenoxy) is 1. The molecule has 2 N–H and O–H groups in total. The zero-order chi connectivity index (χ0) is 24.9. The third-order valence-corrected chi connectivity index (χ3v) is 7.31. The van der Waals surface area contributed by atoms with Crippen molar-refractivity contribution in [3.8, 4) is 0 Å². The molecular formula is C26H26FN3O5. The largest absolute Gasteiger partial charge is 0.427 e. The summed E-state index contributed by atoms with van der Waals surface area (Å²) in [4.78, 5) is 53.5. The third kappa shape index (κ3) is 3.84. The first-order chi connectivity index (χ1) is 16.7. The van der Waals surface area contributed by atoms with Gasteiger partial charge < -0.3 is 15.4 Å². The Hall–Kier alpha value is -3.75. The number of primary amides is 1. The Labute approximate surface area is 201 Å². The highest BCUT2D eigenvalue weighted by atomic mass is 19.1. The van der Waals surface area contributed by atoms with Gasteiger partial charge in [0.1, 0.15) is 12.4 Å². The number of carbonyl (C=O) groups is 4. The van der Waals surface area contributed by atoms with Crippen molar-refractivity contribution >= 4 is 23.8 Å². The molecule has 4 amide bonds. The smallest absolute Gasteiger partial charge is 0.418 e. The second-order valence-electron chi connectivity index (χ2n) is 9.52. The number of likely N-dealkylation sites (tertiary alicyclic amines) is 1. The molecule has 2 saturated heterocycles. The number of halogens is 1. The highest BCUT2D eigenvalue weighted by Crippen LogP contribution is 2.46. The normalized spacial score (nSPS) is 25.3. The first-order valence-corrected chi connectivity index (χ1v) is 11.7. The summed E-state index contributed by atoms with van der Waals surface area (Å²) in [5.41, 5.74) is 6.77. The molecule has 3 atom stereocenters. The van der Waals surface area contributed by atoms with Gasteiger partial charge in [0.05, 0.1) is 12.5 Å². The first kappa shape index (κ1) is 23.0. The maximum absolute atomic E-state index is 13.5. The van der Waals surface area contributed by atoms with Crippen molar-refractivity contribution < 1.29 is 28.3 Å². The van der Waals surface area contributed by atoms with Gasteiger partial charge in [0.25, 0.3) is 5.91 Å². The predicted octanol–water partition coefficient (Wildman–Crippen LogP) is 2.73. The molecule has 2 aliphatic heterocycles. The molecule has 182 valence electrons. The zero-order valence-corrected chi connectivity index (χ0v) is 19.3. The molecule has 0 bridgehead atoms. The molecule has 35 heavy (non-hydrogen) atoms. The van der Waals surface area contributed by atoms with E-state index in [-0.39, 0.29) is 36.6 Å². The Balaban J connectivity index is 1.36. The van der Waals surface area contributed by atoms with Crippen LogP contribution in [-0.2, 0) is 37.6 Å². The summed E-state index contributed by atoms with van der Waals surface area (Å²) < 4.78 is 19.0. The number of nitrogens with zero attached hydrogens (tertiary/aromatic N) is 2. The molecule has 0 unspecified atom stereocenters. The van der Waals surface area contributed by atoms with Crippen LogP contribution in [0.1, 0.15) is 54.5 Å². The molecule has 0 saturated carbocycles. The van der Waals surface area contributed by atoms with Crippen LogP contribution in [0.25, 0.3) is 0 Å². The van der Waals surface area contributed by atoms with E-state index in [0.717, 1.165) is 28.0 Å². The van der Waals surface area contributed by atoms with E-state index in [2.05, 4.69) is 0 Å². The minimum atomic E-state index is -1.45. The minimum absolute atomic E-state index is 0.0812. The SMILES string of the molecule is C[C@H]1CC[C@@H](c2ccc(F)cc2)N1C(=O)CN1C(=O)O[C@@]2(CCc3cc(CC(N)=O)ccc32)C1=O. The summed E-state index contributed by atoms with van der Waals surface area (Å²) in [6, 6.07) is 10.9. The molecule has 5 rings (SSSR count). The lowest BCUT2D eigenvalue weighted by Crippen LogP contribution is -2.46. The molecule has 1 aliphatic carbocycles. The summed E-state index contributed by atoms with van der Waals surface area (Å²) in [6.07, 6.45) is 1.48. The average molecular weight is 480 g/mol. The number of rotatable bonds is 5. The molecule has 2 aromatic rings. The molecule has 9 heteroatoms. The Morgan fingerprint density at radius 2 is 1.89 bits per heavy atom. The molecule has 2 aromatic carbocycles. The van der Waals surface area contributed by atoms with Gasteiger partial charge in [0.15, 0.2) is 0 Å². The fourth-order valence-electron chi connectivity index (χ4n) is 5.65. The fraction of sp³-hybridized carbons (Fsp3) is 0.385. The standard InChI is InChI=1S/C26H26FN3O5/c1-15-2-9-21(17-4-6-19(27)7-5-17)30(15)23(32)14-29-24(33)26(35-25(29)34)11-10-18-12-16(13-22(28)31)3-8-20(18)26/h3-8,12,15,21H,2,9-11,13-14H2,1H3,(H2,28,31)/t15-,21-,26+/m0/s1. The number of hydrogen-bond acceptors (Lipinski definition) is 5. The van der Waals surface area contributed by atoms with Gasteiger partial charge in [-0.25, -0.2) is 14.1 Å². The summed E-state index contributed by atoms with van der Waals surface area (Å²) in [5, 5.41) is 0. The molecule has 2 heterocycles. The fourth-order valence-corrected chi connectivity index (χ4v) is 5.65. The van der Waals surface area contributed by atoms with Gasteiger partial charge in [-0.3, -0.25) is 14.4 Å². The number of carbonyl (C=O) groups excluding carboxylic acids is 4. The van der Waals surface area contributed by atoms with E-state index in [4.69, 9.17) is 10.5 Å². The Kier molecular flexibility index (Phi) is 5.57. The van der Waals surface area contributed by atoms with Crippen molar-refractivity contribution in [2.75, 3.05) is 6.54 Å². The van der Waals surface area contributed by atoms with Crippen LogP contribution in [0.3, 0.4) is 0 Å². The second-order valence-corrected chi connectivity index (χ2v) is 9.52. The van der Waals surface area contributed by atoms with Gasteiger partial charge in [-0.05, 0) is 55.0 Å². The maximum atomic E-state index is 13.5. The maximum Gasteiger partial charge on any atom is 0.418 e. The molecular weight excluding hydrogens is 453 g/mol. The minimum Gasteiger partial charge on any atom is -0.427 e. The summed E-state index contributed by atoms with van der Waals surface area (Å²) in [5.74, 6) is -1.73. The van der Waals surface area contributed by atoms with Gasteiger partial charge in [-0.2, -0.15) is 0 Å².